The smallest absolute Gasteiger partial charge is 0.271 e. The molecule has 0 saturated carbocycles. The van der Waals surface area contributed by atoms with E-state index >= 15 is 0 Å². The van der Waals surface area contributed by atoms with Crippen molar-refractivity contribution < 1.29 is 14.3 Å². The normalized spacial score (nSPS) is 13.1. The Labute approximate surface area is 132 Å². The third-order valence-corrected chi connectivity index (χ3v) is 3.55. The number of nitrogens with one attached hydrogen (secondary N) is 1. The fourth-order valence-corrected chi connectivity index (χ4v) is 2.32. The Morgan fingerprint density at radius 2 is 1.95 bits per heavy atom. The lowest BCUT2D eigenvalue weighted by Gasteiger charge is -2.05. The number of halogens is 1. The number of carbonyl (C=O) groups is 1. The van der Waals surface area contributed by atoms with Gasteiger partial charge >= 0.3 is 0 Å². The third-order valence-electron chi connectivity index (χ3n) is 3.22. The summed E-state index contributed by atoms with van der Waals surface area (Å²) < 4.78 is 10.5. The zero-order valence-electron chi connectivity index (χ0n) is 11.8. The van der Waals surface area contributed by atoms with Crippen LogP contribution in [0.25, 0.3) is 0 Å². The number of benzene rings is 2. The van der Waals surface area contributed by atoms with E-state index in [2.05, 4.69) is 10.5 Å². The van der Waals surface area contributed by atoms with Crippen LogP contribution < -0.4 is 14.9 Å². The molecule has 0 atom stereocenters. The molecule has 2 aromatic carbocycles. The lowest BCUT2D eigenvalue weighted by molar-refractivity contribution is 0.0954. The van der Waals surface area contributed by atoms with Gasteiger partial charge in [-0.2, -0.15) is 5.10 Å². The number of carbonyl (C=O) groups excluding carboxylic acids is 1. The molecule has 0 spiro atoms. The van der Waals surface area contributed by atoms with E-state index in [1.54, 1.807) is 31.2 Å². The van der Waals surface area contributed by atoms with Gasteiger partial charge in [0.2, 0.25) is 6.79 Å². The van der Waals surface area contributed by atoms with Crippen molar-refractivity contribution in [2.75, 3.05) is 6.79 Å². The van der Waals surface area contributed by atoms with Crippen molar-refractivity contribution in [3.63, 3.8) is 0 Å². The number of hydrogen-bond acceptors (Lipinski definition) is 4. The van der Waals surface area contributed by atoms with Crippen LogP contribution in [-0.2, 0) is 0 Å². The molecule has 0 aliphatic carbocycles. The Bertz CT molecular complexity index is 759. The summed E-state index contributed by atoms with van der Waals surface area (Å²) >= 11 is 6.09. The molecule has 3 rings (SSSR count). The molecular formula is C16H13ClN2O3. The van der Waals surface area contributed by atoms with Crippen molar-refractivity contribution >= 4 is 23.2 Å². The Morgan fingerprint density at radius 1 is 1.18 bits per heavy atom. The van der Waals surface area contributed by atoms with Crippen LogP contribution in [0.3, 0.4) is 0 Å². The number of hydrogen-bond donors (Lipinski definition) is 1. The Kier molecular flexibility index (Phi) is 3.98. The number of hydrazone groups is 1. The van der Waals surface area contributed by atoms with Gasteiger partial charge in [-0.3, -0.25) is 4.79 Å². The summed E-state index contributed by atoms with van der Waals surface area (Å²) in [4.78, 5) is 12.1. The monoisotopic (exact) mass is 316 g/mol. The molecule has 1 amide bonds. The first kappa shape index (κ1) is 14.4. The Balaban J connectivity index is 1.74. The summed E-state index contributed by atoms with van der Waals surface area (Å²) in [5.74, 6) is 0.858. The van der Waals surface area contributed by atoms with Crippen LogP contribution in [0.15, 0.2) is 47.6 Å². The van der Waals surface area contributed by atoms with Gasteiger partial charge in [-0.1, -0.05) is 29.8 Å². The standard InChI is InChI=1S/C16H13ClN2O3/c1-10(12-4-2-3-5-13(12)17)18-19-16(20)11-6-7-14-15(8-11)22-9-21-14/h2-8H,9H2,1H3,(H,19,20). The lowest BCUT2D eigenvalue weighted by Crippen LogP contribution is -2.19. The van der Waals surface area contributed by atoms with Gasteiger partial charge in [0.1, 0.15) is 0 Å². The minimum absolute atomic E-state index is 0.171. The summed E-state index contributed by atoms with van der Waals surface area (Å²) in [6, 6.07) is 12.3. The molecule has 0 fully saturated rings. The lowest BCUT2D eigenvalue weighted by atomic mass is 10.1. The molecule has 1 heterocycles. The molecule has 2 aromatic rings. The maximum Gasteiger partial charge on any atom is 0.271 e. The minimum Gasteiger partial charge on any atom is -0.454 e. The molecule has 112 valence electrons. The highest BCUT2D eigenvalue weighted by Gasteiger charge is 2.16. The second-order valence-corrected chi connectivity index (χ2v) is 5.09. The summed E-state index contributed by atoms with van der Waals surface area (Å²) in [7, 11) is 0. The van der Waals surface area contributed by atoms with Gasteiger partial charge in [-0.15, -0.1) is 0 Å². The van der Waals surface area contributed by atoms with Crippen LogP contribution in [0.2, 0.25) is 5.02 Å². The predicted octanol–water partition coefficient (Wildman–Crippen LogP) is 3.22. The first-order chi connectivity index (χ1) is 10.6. The number of rotatable bonds is 3. The number of nitrogens with zero attached hydrogens (tertiary/aromatic N) is 1. The molecule has 1 aliphatic rings. The van der Waals surface area contributed by atoms with Gasteiger partial charge < -0.3 is 9.47 Å². The highest BCUT2D eigenvalue weighted by Crippen LogP contribution is 2.32. The van der Waals surface area contributed by atoms with Gasteiger partial charge in [-0.25, -0.2) is 5.43 Å². The van der Waals surface area contributed by atoms with Crippen LogP contribution in [0, 0.1) is 0 Å². The van der Waals surface area contributed by atoms with Crippen LogP contribution in [0.4, 0.5) is 0 Å². The van der Waals surface area contributed by atoms with Crippen molar-refractivity contribution in [2.45, 2.75) is 6.92 Å². The Hall–Kier alpha value is -2.53. The predicted molar refractivity (Wildman–Crippen MR) is 83.7 cm³/mol. The molecule has 0 aromatic heterocycles. The molecule has 1 aliphatic heterocycles. The first-order valence-corrected chi connectivity index (χ1v) is 7.02. The SMILES string of the molecule is CC(=NNC(=O)c1ccc2c(c1)OCO2)c1ccccc1Cl. The summed E-state index contributed by atoms with van der Waals surface area (Å²) in [5.41, 5.74) is 4.35. The van der Waals surface area contributed by atoms with Crippen molar-refractivity contribution in [2.24, 2.45) is 5.10 Å². The van der Waals surface area contributed by atoms with Gasteiger partial charge in [0.25, 0.3) is 5.91 Å². The summed E-state index contributed by atoms with van der Waals surface area (Å²) in [6.07, 6.45) is 0. The molecule has 0 bridgehead atoms. The second-order valence-electron chi connectivity index (χ2n) is 4.69. The van der Waals surface area contributed by atoms with Crippen LogP contribution in [-0.4, -0.2) is 18.4 Å². The van der Waals surface area contributed by atoms with Crippen molar-refractivity contribution in [1.29, 1.82) is 0 Å². The van der Waals surface area contributed by atoms with Gasteiger partial charge in [-0.05, 0) is 31.2 Å². The van der Waals surface area contributed by atoms with Crippen molar-refractivity contribution in [3.8, 4) is 11.5 Å². The van der Waals surface area contributed by atoms with Gasteiger partial charge in [0, 0.05) is 16.1 Å². The zero-order chi connectivity index (χ0) is 15.5. The van der Waals surface area contributed by atoms with Crippen LogP contribution in [0.1, 0.15) is 22.8 Å². The van der Waals surface area contributed by atoms with E-state index in [0.717, 1.165) is 5.56 Å². The second kappa shape index (κ2) is 6.07. The third kappa shape index (κ3) is 2.89. The zero-order valence-corrected chi connectivity index (χ0v) is 12.6. The van der Waals surface area contributed by atoms with Gasteiger partial charge in [0.05, 0.1) is 5.71 Å². The molecule has 1 N–H and O–H groups in total. The molecule has 6 heteroatoms. The maximum absolute atomic E-state index is 12.1. The average molecular weight is 317 g/mol. The average Bonchev–Trinajstić information content (AvgIpc) is 3.00. The van der Waals surface area contributed by atoms with E-state index in [-0.39, 0.29) is 12.7 Å². The largest absolute Gasteiger partial charge is 0.454 e. The first-order valence-electron chi connectivity index (χ1n) is 6.64. The van der Waals surface area contributed by atoms with Crippen molar-refractivity contribution in [1.82, 2.24) is 5.43 Å². The number of fused-ring (bicyclic) bond motifs is 1. The fourth-order valence-electron chi connectivity index (χ4n) is 2.05. The highest BCUT2D eigenvalue weighted by atomic mass is 35.5. The van der Waals surface area contributed by atoms with E-state index in [0.29, 0.717) is 27.8 Å². The number of ether oxygens (including phenoxy) is 2. The van der Waals surface area contributed by atoms with E-state index in [9.17, 15) is 4.79 Å². The van der Waals surface area contributed by atoms with E-state index < -0.39 is 0 Å². The molecule has 0 radical (unpaired) electrons. The highest BCUT2D eigenvalue weighted by molar-refractivity contribution is 6.34. The quantitative estimate of drug-likeness (QED) is 0.698. The summed E-state index contributed by atoms with van der Waals surface area (Å²) in [5, 5.41) is 4.67. The molecular weight excluding hydrogens is 304 g/mol. The molecule has 0 unspecified atom stereocenters. The Morgan fingerprint density at radius 3 is 2.77 bits per heavy atom. The van der Waals surface area contributed by atoms with Gasteiger partial charge in [0.15, 0.2) is 11.5 Å². The van der Waals surface area contributed by atoms with Crippen LogP contribution in [0.5, 0.6) is 11.5 Å². The minimum atomic E-state index is -0.329. The van der Waals surface area contributed by atoms with Crippen LogP contribution >= 0.6 is 11.6 Å². The molecule has 22 heavy (non-hydrogen) atoms. The maximum atomic E-state index is 12.1. The van der Waals surface area contributed by atoms with Crippen molar-refractivity contribution in [3.05, 3.63) is 58.6 Å². The molecule has 5 nitrogen and oxygen atoms in total. The summed E-state index contributed by atoms with van der Waals surface area (Å²) in [6.45, 7) is 1.95. The van der Waals surface area contributed by atoms with E-state index in [1.165, 1.54) is 0 Å². The fraction of sp³-hybridized carbons (Fsp3) is 0.125. The van der Waals surface area contributed by atoms with E-state index in [4.69, 9.17) is 21.1 Å². The molecule has 0 saturated heterocycles. The van der Waals surface area contributed by atoms with E-state index in [1.807, 2.05) is 18.2 Å². The topological polar surface area (TPSA) is 59.9 Å². The number of amides is 1.